The summed E-state index contributed by atoms with van der Waals surface area (Å²) in [7, 11) is 0. The number of fused-ring (bicyclic) bond motifs is 1. The third kappa shape index (κ3) is 4.13. The molecule has 1 aliphatic rings. The number of ether oxygens (including phenoxy) is 1. The Labute approximate surface area is 167 Å². The van der Waals surface area contributed by atoms with E-state index in [4.69, 9.17) is 4.74 Å². The number of rotatable bonds is 3. The second-order valence-corrected chi connectivity index (χ2v) is 8.05. The first-order valence-electron chi connectivity index (χ1n) is 9.52. The van der Waals surface area contributed by atoms with Gasteiger partial charge < -0.3 is 15.0 Å². The minimum Gasteiger partial charge on any atom is -0.444 e. The molecule has 0 radical (unpaired) electrons. The minimum absolute atomic E-state index is 0.0425. The third-order valence-electron chi connectivity index (χ3n) is 4.57. The standard InChI is InChI=1S/C20H23FN6O2/c1-20(2,3)29-19(28)26-11-10-13(12-26)22-16-8-9-17-23-24-18(27(17)25-16)14-6-4-5-7-15(14)21/h4-9,13H,10-12H2,1-3H3,(H,22,25). The smallest absolute Gasteiger partial charge is 0.410 e. The fourth-order valence-corrected chi connectivity index (χ4v) is 3.26. The van der Waals surface area contributed by atoms with Crippen LogP contribution in [0.4, 0.5) is 15.0 Å². The Kier molecular flexibility index (Phi) is 4.81. The van der Waals surface area contributed by atoms with Gasteiger partial charge in [-0.2, -0.15) is 4.52 Å². The van der Waals surface area contributed by atoms with E-state index in [9.17, 15) is 9.18 Å². The maximum atomic E-state index is 14.2. The van der Waals surface area contributed by atoms with Crippen molar-refractivity contribution in [2.75, 3.05) is 18.4 Å². The van der Waals surface area contributed by atoms with Crippen molar-refractivity contribution in [1.29, 1.82) is 0 Å². The molecule has 3 aromatic rings. The molecular formula is C20H23FN6O2. The molecule has 3 heterocycles. The van der Waals surface area contributed by atoms with Gasteiger partial charge in [-0.3, -0.25) is 0 Å². The predicted molar refractivity (Wildman–Crippen MR) is 106 cm³/mol. The van der Waals surface area contributed by atoms with Gasteiger partial charge in [0.25, 0.3) is 0 Å². The first-order valence-corrected chi connectivity index (χ1v) is 9.52. The predicted octanol–water partition coefficient (Wildman–Crippen LogP) is 3.35. The summed E-state index contributed by atoms with van der Waals surface area (Å²) in [6.45, 7) is 6.69. The van der Waals surface area contributed by atoms with Crippen molar-refractivity contribution in [3.05, 3.63) is 42.2 Å². The normalized spacial score (nSPS) is 17.0. The van der Waals surface area contributed by atoms with Gasteiger partial charge in [0.2, 0.25) is 0 Å². The highest BCUT2D eigenvalue weighted by molar-refractivity contribution is 5.68. The molecule has 152 valence electrons. The molecule has 0 saturated carbocycles. The molecule has 0 aliphatic carbocycles. The summed E-state index contributed by atoms with van der Waals surface area (Å²) in [6, 6.07) is 10.00. The highest BCUT2D eigenvalue weighted by atomic mass is 19.1. The number of hydrogen-bond donors (Lipinski definition) is 1. The number of anilines is 1. The van der Waals surface area contributed by atoms with E-state index in [0.717, 1.165) is 6.42 Å². The Morgan fingerprint density at radius 1 is 1.21 bits per heavy atom. The summed E-state index contributed by atoms with van der Waals surface area (Å²) in [6.07, 6.45) is 0.465. The lowest BCUT2D eigenvalue weighted by Crippen LogP contribution is -2.36. The van der Waals surface area contributed by atoms with Crippen molar-refractivity contribution in [2.24, 2.45) is 0 Å². The lowest BCUT2D eigenvalue weighted by molar-refractivity contribution is 0.0293. The average molecular weight is 398 g/mol. The molecule has 1 amide bonds. The zero-order valence-corrected chi connectivity index (χ0v) is 16.6. The van der Waals surface area contributed by atoms with E-state index >= 15 is 0 Å². The first-order chi connectivity index (χ1) is 13.8. The highest BCUT2D eigenvalue weighted by Crippen LogP contribution is 2.22. The lowest BCUT2D eigenvalue weighted by Gasteiger charge is -2.24. The summed E-state index contributed by atoms with van der Waals surface area (Å²) in [5.74, 6) is 0.556. The van der Waals surface area contributed by atoms with Gasteiger partial charge in [0.15, 0.2) is 11.5 Å². The molecule has 0 bridgehead atoms. The number of carbonyl (C=O) groups excluding carboxylic acids is 1. The Balaban J connectivity index is 1.50. The first kappa shape index (κ1) is 19.1. The van der Waals surface area contributed by atoms with Gasteiger partial charge in [0.1, 0.15) is 17.2 Å². The SMILES string of the molecule is CC(C)(C)OC(=O)N1CCC(Nc2ccc3nnc(-c4ccccc4F)n3n2)C1. The molecule has 1 saturated heterocycles. The molecule has 1 unspecified atom stereocenters. The Bertz CT molecular complexity index is 1040. The molecule has 4 rings (SSSR count). The van der Waals surface area contributed by atoms with Crippen LogP contribution in [0.25, 0.3) is 17.0 Å². The Morgan fingerprint density at radius 2 is 2.00 bits per heavy atom. The minimum atomic E-state index is -0.521. The molecule has 1 N–H and O–H groups in total. The zero-order valence-electron chi connectivity index (χ0n) is 16.6. The molecule has 1 fully saturated rings. The molecule has 29 heavy (non-hydrogen) atoms. The summed E-state index contributed by atoms with van der Waals surface area (Å²) < 4.78 is 21.1. The maximum absolute atomic E-state index is 14.2. The van der Waals surface area contributed by atoms with Crippen molar-refractivity contribution in [3.8, 4) is 11.4 Å². The van der Waals surface area contributed by atoms with Crippen LogP contribution in [0.15, 0.2) is 36.4 Å². The van der Waals surface area contributed by atoms with Gasteiger partial charge in [0, 0.05) is 19.1 Å². The van der Waals surface area contributed by atoms with Crippen LogP contribution < -0.4 is 5.32 Å². The quantitative estimate of drug-likeness (QED) is 0.728. The average Bonchev–Trinajstić information content (AvgIpc) is 3.28. The fourth-order valence-electron chi connectivity index (χ4n) is 3.26. The lowest BCUT2D eigenvalue weighted by atomic mass is 10.2. The summed E-state index contributed by atoms with van der Waals surface area (Å²) in [5.41, 5.74) is 0.337. The Morgan fingerprint density at radius 3 is 2.76 bits per heavy atom. The van der Waals surface area contributed by atoms with Crippen molar-refractivity contribution in [3.63, 3.8) is 0 Å². The molecule has 8 nitrogen and oxygen atoms in total. The van der Waals surface area contributed by atoms with E-state index in [1.165, 1.54) is 10.6 Å². The Hall–Kier alpha value is -3.23. The van der Waals surface area contributed by atoms with E-state index in [-0.39, 0.29) is 18.0 Å². The van der Waals surface area contributed by atoms with Crippen molar-refractivity contribution >= 4 is 17.6 Å². The highest BCUT2D eigenvalue weighted by Gasteiger charge is 2.30. The van der Waals surface area contributed by atoms with Crippen LogP contribution in [0.1, 0.15) is 27.2 Å². The van der Waals surface area contributed by atoms with Crippen LogP contribution in [-0.2, 0) is 4.74 Å². The van der Waals surface area contributed by atoms with Gasteiger partial charge in [-0.15, -0.1) is 15.3 Å². The zero-order chi connectivity index (χ0) is 20.6. The van der Waals surface area contributed by atoms with Crippen LogP contribution in [0, 0.1) is 5.82 Å². The van der Waals surface area contributed by atoms with E-state index in [2.05, 4.69) is 20.6 Å². The summed E-state index contributed by atoms with van der Waals surface area (Å²) in [5, 5.41) is 16.0. The second kappa shape index (κ2) is 7.31. The molecular weight excluding hydrogens is 375 g/mol. The molecule has 0 spiro atoms. The van der Waals surface area contributed by atoms with Gasteiger partial charge in [-0.1, -0.05) is 12.1 Å². The van der Waals surface area contributed by atoms with Crippen molar-refractivity contribution < 1.29 is 13.9 Å². The van der Waals surface area contributed by atoms with E-state index in [1.54, 1.807) is 35.2 Å². The third-order valence-corrected chi connectivity index (χ3v) is 4.57. The molecule has 2 aromatic heterocycles. The van der Waals surface area contributed by atoms with Gasteiger partial charge in [0.05, 0.1) is 5.56 Å². The molecule has 1 aliphatic heterocycles. The second-order valence-electron chi connectivity index (χ2n) is 8.05. The van der Waals surface area contributed by atoms with Crippen LogP contribution in [0.2, 0.25) is 0 Å². The van der Waals surface area contributed by atoms with Gasteiger partial charge in [-0.25, -0.2) is 9.18 Å². The summed E-state index contributed by atoms with van der Waals surface area (Å²) in [4.78, 5) is 13.9. The monoisotopic (exact) mass is 398 g/mol. The maximum Gasteiger partial charge on any atom is 0.410 e. The van der Waals surface area contributed by atoms with Gasteiger partial charge >= 0.3 is 6.09 Å². The number of aromatic nitrogens is 4. The number of carbonyl (C=O) groups is 1. The number of amides is 1. The van der Waals surface area contributed by atoms with E-state index in [1.807, 2.05) is 20.8 Å². The van der Waals surface area contributed by atoms with E-state index < -0.39 is 5.60 Å². The van der Waals surface area contributed by atoms with Crippen LogP contribution in [0.3, 0.4) is 0 Å². The number of halogens is 1. The number of hydrogen-bond acceptors (Lipinski definition) is 6. The van der Waals surface area contributed by atoms with Crippen LogP contribution in [0.5, 0.6) is 0 Å². The number of benzene rings is 1. The molecule has 1 aromatic carbocycles. The van der Waals surface area contributed by atoms with E-state index in [0.29, 0.717) is 35.9 Å². The van der Waals surface area contributed by atoms with Crippen LogP contribution in [-0.4, -0.2) is 55.5 Å². The van der Waals surface area contributed by atoms with Crippen molar-refractivity contribution in [1.82, 2.24) is 24.7 Å². The molecule has 9 heteroatoms. The van der Waals surface area contributed by atoms with Crippen molar-refractivity contribution in [2.45, 2.75) is 38.8 Å². The molecule has 1 atom stereocenters. The number of nitrogens with one attached hydrogen (secondary N) is 1. The number of nitrogens with zero attached hydrogens (tertiary/aromatic N) is 5. The fraction of sp³-hybridized carbons (Fsp3) is 0.400. The van der Waals surface area contributed by atoms with Crippen LogP contribution >= 0.6 is 0 Å². The topological polar surface area (TPSA) is 84.6 Å². The summed E-state index contributed by atoms with van der Waals surface area (Å²) >= 11 is 0. The number of likely N-dealkylation sites (tertiary alicyclic amines) is 1. The van der Waals surface area contributed by atoms with Gasteiger partial charge in [-0.05, 0) is 51.5 Å². The largest absolute Gasteiger partial charge is 0.444 e.